The quantitative estimate of drug-likeness (QED) is 0.408. The maximum absolute atomic E-state index is 5.68. The molecule has 0 saturated heterocycles. The zero-order valence-corrected chi connectivity index (χ0v) is 19.3. The smallest absolute Gasteiger partial charge is 0.0951 e. The van der Waals surface area contributed by atoms with Crippen molar-refractivity contribution in [2.75, 3.05) is 0 Å². The molecule has 24 heavy (non-hydrogen) atoms. The molecule has 0 aromatic rings. The number of allylic oxidation sites excluding steroid dienone is 4. The summed E-state index contributed by atoms with van der Waals surface area (Å²) in [4.78, 5) is 1.54. The zero-order chi connectivity index (χ0) is 19.4. The Hall–Kier alpha value is -0.370. The molecule has 0 unspecified atom stereocenters. The Bertz CT molecular complexity index is 324. The highest BCUT2D eigenvalue weighted by Crippen LogP contribution is 2.29. The third-order valence-corrected chi connectivity index (χ3v) is 4.23. The fourth-order valence-electron chi connectivity index (χ4n) is 1.94. The second-order valence-corrected chi connectivity index (χ2v) is 9.92. The van der Waals surface area contributed by atoms with E-state index in [1.165, 1.54) is 0 Å². The van der Waals surface area contributed by atoms with Crippen LogP contribution in [0.25, 0.3) is 0 Å². The summed E-state index contributed by atoms with van der Waals surface area (Å²) in [7, 11) is 0. The van der Waals surface area contributed by atoms with Gasteiger partial charge in [-0.3, -0.25) is 0 Å². The first-order valence-electron chi connectivity index (χ1n) is 9.63. The number of rotatable bonds is 8. The van der Waals surface area contributed by atoms with Gasteiger partial charge in [-0.1, -0.05) is 75.3 Å². The number of hydrogen-bond donors (Lipinski definition) is 0. The Labute approximate surface area is 157 Å². The summed E-state index contributed by atoms with van der Waals surface area (Å²) in [5.74, 6) is 3.55. The highest BCUT2D eigenvalue weighted by molar-refractivity contribution is 8.03. The summed E-state index contributed by atoms with van der Waals surface area (Å²) < 4.78 is 5.68. The molecule has 0 aliphatic carbocycles. The molecule has 0 heterocycles. The summed E-state index contributed by atoms with van der Waals surface area (Å²) in [6.45, 7) is 26.3. The van der Waals surface area contributed by atoms with Gasteiger partial charge in [0.1, 0.15) is 0 Å². The van der Waals surface area contributed by atoms with Crippen LogP contribution in [-0.4, -0.2) is 11.4 Å². The van der Waals surface area contributed by atoms with Crippen molar-refractivity contribution in [3.05, 3.63) is 22.8 Å². The fraction of sp³-hybridized carbons (Fsp3) is 0.818. The molecule has 0 spiro atoms. The lowest BCUT2D eigenvalue weighted by atomic mass is 10.1. The molecule has 0 radical (unpaired) electrons. The topological polar surface area (TPSA) is 9.23 Å². The van der Waals surface area contributed by atoms with Crippen LogP contribution in [0, 0.1) is 23.7 Å². The zero-order valence-electron chi connectivity index (χ0n) is 18.4. The molecule has 0 rings (SSSR count). The van der Waals surface area contributed by atoms with Gasteiger partial charge >= 0.3 is 0 Å². The molecular weight excluding hydrogens is 312 g/mol. The van der Waals surface area contributed by atoms with Crippen molar-refractivity contribution < 1.29 is 4.74 Å². The average Bonchev–Trinajstić information content (AvgIpc) is 2.35. The maximum Gasteiger partial charge on any atom is 0.0951 e. The molecule has 0 aliphatic rings. The lowest BCUT2D eigenvalue weighted by Gasteiger charge is -2.17. The summed E-state index contributed by atoms with van der Waals surface area (Å²) in [6, 6.07) is 0. The minimum atomic E-state index is 0.289. The molecule has 0 N–H and O–H groups in total. The van der Waals surface area contributed by atoms with Crippen LogP contribution in [0.3, 0.4) is 0 Å². The van der Waals surface area contributed by atoms with Crippen LogP contribution in [0.5, 0.6) is 0 Å². The first-order valence-corrected chi connectivity index (χ1v) is 10.5. The second kappa shape index (κ2) is 13.9. The van der Waals surface area contributed by atoms with Crippen LogP contribution in [0.4, 0.5) is 0 Å². The van der Waals surface area contributed by atoms with Gasteiger partial charge in [0.2, 0.25) is 0 Å². The van der Waals surface area contributed by atoms with Crippen LogP contribution in [0.2, 0.25) is 0 Å². The van der Waals surface area contributed by atoms with Crippen LogP contribution >= 0.6 is 11.8 Å². The van der Waals surface area contributed by atoms with Crippen molar-refractivity contribution in [1.82, 2.24) is 0 Å². The van der Waals surface area contributed by atoms with Gasteiger partial charge in [0.25, 0.3) is 0 Å². The third-order valence-electron chi connectivity index (χ3n) is 2.88. The van der Waals surface area contributed by atoms with Crippen molar-refractivity contribution >= 4 is 11.8 Å². The second-order valence-electron chi connectivity index (χ2n) is 8.27. The lowest BCUT2D eigenvalue weighted by molar-refractivity contribution is 0.124. The first-order chi connectivity index (χ1) is 10.9. The van der Waals surface area contributed by atoms with Gasteiger partial charge in [0.15, 0.2) is 0 Å². The molecule has 0 aromatic carbocycles. The summed E-state index contributed by atoms with van der Waals surface area (Å²) in [5, 5.41) is 0.706. The van der Waals surface area contributed by atoms with E-state index in [0.29, 0.717) is 28.9 Å². The monoisotopic (exact) mass is 356 g/mol. The van der Waals surface area contributed by atoms with Crippen molar-refractivity contribution in [3.63, 3.8) is 0 Å². The van der Waals surface area contributed by atoms with Gasteiger partial charge in [-0.2, -0.15) is 0 Å². The minimum Gasteiger partial charge on any atom is -0.495 e. The van der Waals surface area contributed by atoms with E-state index >= 15 is 0 Å². The van der Waals surface area contributed by atoms with Gasteiger partial charge in [0, 0.05) is 11.2 Å². The minimum absolute atomic E-state index is 0.289. The van der Waals surface area contributed by atoms with Crippen LogP contribution < -0.4 is 0 Å². The van der Waals surface area contributed by atoms with Gasteiger partial charge in [-0.05, 0) is 42.6 Å². The van der Waals surface area contributed by atoms with E-state index in [2.05, 4.69) is 95.2 Å². The Morgan fingerprint density at radius 1 is 0.667 bits per heavy atom. The van der Waals surface area contributed by atoms with E-state index in [-0.39, 0.29) is 6.10 Å². The Balaban J connectivity index is 0. The SMILES string of the molecule is CC(C)/C=C(\OC(C)C)C(C)C.CC(C)/C=C(\SC(C)C)C(C)C. The summed E-state index contributed by atoms with van der Waals surface area (Å²) >= 11 is 2.00. The van der Waals surface area contributed by atoms with Gasteiger partial charge < -0.3 is 4.74 Å². The highest BCUT2D eigenvalue weighted by atomic mass is 32.2. The molecule has 0 amide bonds. The third kappa shape index (κ3) is 16.5. The fourth-order valence-corrected chi connectivity index (χ4v) is 3.10. The van der Waals surface area contributed by atoms with Gasteiger partial charge in [-0.15, -0.1) is 11.8 Å². The van der Waals surface area contributed by atoms with E-state index in [4.69, 9.17) is 4.74 Å². The Morgan fingerprint density at radius 2 is 1.12 bits per heavy atom. The van der Waals surface area contributed by atoms with E-state index in [1.807, 2.05) is 11.8 Å². The predicted molar refractivity (Wildman–Crippen MR) is 114 cm³/mol. The summed E-state index contributed by atoms with van der Waals surface area (Å²) in [6.07, 6.45) is 4.87. The first kappa shape index (κ1) is 25.9. The number of hydrogen-bond acceptors (Lipinski definition) is 2. The molecule has 144 valence electrons. The number of ether oxygens (including phenoxy) is 1. The molecular formula is C22H44OS. The average molecular weight is 357 g/mol. The molecule has 0 saturated carbocycles. The standard InChI is InChI=1S/C11H22O.C11H22S/c2*1-8(2)7-11(9(3)4)12-10(5)6/h2*7-10H,1-6H3/b2*11-7-. The van der Waals surface area contributed by atoms with Crippen LogP contribution in [-0.2, 0) is 4.74 Å². The maximum atomic E-state index is 5.68. The van der Waals surface area contributed by atoms with Crippen LogP contribution in [0.15, 0.2) is 22.8 Å². The molecule has 0 fully saturated rings. The van der Waals surface area contributed by atoms with Crippen molar-refractivity contribution in [2.24, 2.45) is 23.7 Å². The van der Waals surface area contributed by atoms with Crippen molar-refractivity contribution in [2.45, 2.75) is 94.4 Å². The van der Waals surface area contributed by atoms with E-state index in [9.17, 15) is 0 Å². The van der Waals surface area contributed by atoms with E-state index in [1.54, 1.807) is 4.91 Å². The highest BCUT2D eigenvalue weighted by Gasteiger charge is 2.07. The Morgan fingerprint density at radius 3 is 1.38 bits per heavy atom. The molecule has 0 atom stereocenters. The molecule has 0 aromatic heterocycles. The van der Waals surface area contributed by atoms with Gasteiger partial charge in [0.05, 0.1) is 11.9 Å². The largest absolute Gasteiger partial charge is 0.495 e. The molecule has 2 heteroatoms. The summed E-state index contributed by atoms with van der Waals surface area (Å²) in [5.41, 5.74) is 0. The normalized spacial score (nSPS) is 13.4. The lowest BCUT2D eigenvalue weighted by Crippen LogP contribution is -2.08. The van der Waals surface area contributed by atoms with Gasteiger partial charge in [-0.25, -0.2) is 0 Å². The van der Waals surface area contributed by atoms with E-state index in [0.717, 1.165) is 5.76 Å². The molecule has 0 bridgehead atoms. The molecule has 0 aliphatic heterocycles. The van der Waals surface area contributed by atoms with E-state index < -0.39 is 0 Å². The van der Waals surface area contributed by atoms with Crippen molar-refractivity contribution in [1.29, 1.82) is 0 Å². The van der Waals surface area contributed by atoms with Crippen LogP contribution in [0.1, 0.15) is 83.1 Å². The Kier molecular flexibility index (Phi) is 14.9. The number of thioether (sulfide) groups is 1. The predicted octanol–water partition coefficient (Wildman–Crippen LogP) is 7.93. The van der Waals surface area contributed by atoms with Crippen molar-refractivity contribution in [3.8, 4) is 0 Å². The molecule has 1 nitrogen and oxygen atoms in total.